The van der Waals surface area contributed by atoms with E-state index in [1.807, 2.05) is 28.5 Å². The number of hydrogen-bond acceptors (Lipinski definition) is 5. The zero-order valence-electron chi connectivity index (χ0n) is 14.8. The van der Waals surface area contributed by atoms with Crippen molar-refractivity contribution < 1.29 is 4.79 Å². The molecular weight excluding hydrogens is 378 g/mol. The molecule has 0 bridgehead atoms. The van der Waals surface area contributed by atoms with E-state index >= 15 is 0 Å². The van der Waals surface area contributed by atoms with Gasteiger partial charge in [0.25, 0.3) is 5.56 Å². The van der Waals surface area contributed by atoms with Gasteiger partial charge < -0.3 is 4.90 Å². The summed E-state index contributed by atoms with van der Waals surface area (Å²) in [5.41, 5.74) is 2.13. The van der Waals surface area contributed by atoms with E-state index in [4.69, 9.17) is 0 Å². The number of aromatic nitrogens is 2. The lowest BCUT2D eigenvalue weighted by atomic mass is 10.0. The Morgan fingerprint density at radius 2 is 2.19 bits per heavy atom. The standard InChI is InChI=1S/C20H19N3O2S2/c1-2-10-23-19(25)15-9-12-26-18(15)21-20(23)27-13-17(24)22-11-5-7-14-6-3-4-8-16(14)22/h2-4,6,8-9,12H,1,5,7,10-11,13H2. The number of para-hydroxylation sites is 1. The third-order valence-corrected chi connectivity index (χ3v) is 6.36. The first-order valence-electron chi connectivity index (χ1n) is 8.79. The van der Waals surface area contributed by atoms with Crippen LogP contribution in [0.2, 0.25) is 0 Å². The predicted octanol–water partition coefficient (Wildman–Crippen LogP) is 3.72. The normalized spacial score (nSPS) is 13.6. The van der Waals surface area contributed by atoms with Crippen LogP contribution < -0.4 is 10.5 Å². The molecule has 3 aromatic rings. The highest BCUT2D eigenvalue weighted by Crippen LogP contribution is 2.28. The zero-order valence-corrected chi connectivity index (χ0v) is 16.4. The second-order valence-corrected chi connectivity index (χ2v) is 8.14. The molecule has 138 valence electrons. The van der Waals surface area contributed by atoms with E-state index in [9.17, 15) is 9.59 Å². The number of rotatable bonds is 5. The molecule has 27 heavy (non-hydrogen) atoms. The maximum absolute atomic E-state index is 12.9. The van der Waals surface area contributed by atoms with Crippen molar-refractivity contribution >= 4 is 44.9 Å². The van der Waals surface area contributed by atoms with Crippen LogP contribution in [0.1, 0.15) is 12.0 Å². The molecule has 2 aromatic heterocycles. The zero-order chi connectivity index (χ0) is 18.8. The van der Waals surface area contributed by atoms with Gasteiger partial charge in [0.05, 0.1) is 11.1 Å². The highest BCUT2D eigenvalue weighted by atomic mass is 32.2. The summed E-state index contributed by atoms with van der Waals surface area (Å²) in [4.78, 5) is 32.7. The van der Waals surface area contributed by atoms with Gasteiger partial charge in [0.2, 0.25) is 5.91 Å². The maximum Gasteiger partial charge on any atom is 0.263 e. The van der Waals surface area contributed by atoms with Crippen molar-refractivity contribution in [2.75, 3.05) is 17.2 Å². The Hall–Kier alpha value is -2.38. The van der Waals surface area contributed by atoms with Crippen LogP contribution >= 0.6 is 23.1 Å². The van der Waals surface area contributed by atoms with Gasteiger partial charge in [-0.05, 0) is 35.9 Å². The molecule has 0 saturated heterocycles. The largest absolute Gasteiger partial charge is 0.311 e. The van der Waals surface area contributed by atoms with Crippen molar-refractivity contribution in [1.29, 1.82) is 0 Å². The Balaban J connectivity index is 1.59. The summed E-state index contributed by atoms with van der Waals surface area (Å²) < 4.78 is 1.59. The van der Waals surface area contributed by atoms with Gasteiger partial charge in [-0.3, -0.25) is 14.2 Å². The maximum atomic E-state index is 12.9. The van der Waals surface area contributed by atoms with E-state index < -0.39 is 0 Å². The van der Waals surface area contributed by atoms with Gasteiger partial charge in [-0.25, -0.2) is 4.98 Å². The van der Waals surface area contributed by atoms with Crippen LogP contribution in [0.5, 0.6) is 0 Å². The van der Waals surface area contributed by atoms with Crippen LogP contribution in [0.3, 0.4) is 0 Å². The lowest BCUT2D eigenvalue weighted by molar-refractivity contribution is -0.116. The van der Waals surface area contributed by atoms with Crippen molar-refractivity contribution in [2.24, 2.45) is 0 Å². The molecule has 7 heteroatoms. The molecule has 5 nitrogen and oxygen atoms in total. The lowest BCUT2D eigenvalue weighted by Gasteiger charge is -2.29. The number of benzene rings is 1. The predicted molar refractivity (Wildman–Crippen MR) is 112 cm³/mol. The summed E-state index contributed by atoms with van der Waals surface area (Å²) in [5.74, 6) is 0.284. The van der Waals surface area contributed by atoms with Gasteiger partial charge in [-0.1, -0.05) is 36.0 Å². The number of anilines is 1. The Bertz CT molecular complexity index is 1070. The first-order valence-corrected chi connectivity index (χ1v) is 10.7. The van der Waals surface area contributed by atoms with Gasteiger partial charge >= 0.3 is 0 Å². The number of aryl methyl sites for hydroxylation is 1. The fraction of sp³-hybridized carbons (Fsp3) is 0.250. The molecule has 0 aliphatic carbocycles. The van der Waals surface area contributed by atoms with Gasteiger partial charge in [-0.15, -0.1) is 17.9 Å². The smallest absolute Gasteiger partial charge is 0.263 e. The molecule has 0 unspecified atom stereocenters. The molecule has 1 amide bonds. The number of thiophene rings is 1. The molecule has 4 rings (SSSR count). The number of nitrogens with zero attached hydrogens (tertiary/aromatic N) is 3. The number of carbonyl (C=O) groups is 1. The minimum atomic E-state index is -0.0839. The summed E-state index contributed by atoms with van der Waals surface area (Å²) >= 11 is 2.75. The number of carbonyl (C=O) groups excluding carboxylic acids is 1. The van der Waals surface area contributed by atoms with Crippen LogP contribution in [0, 0.1) is 0 Å². The number of fused-ring (bicyclic) bond motifs is 2. The molecule has 0 radical (unpaired) electrons. The van der Waals surface area contributed by atoms with Crippen LogP contribution in [0.15, 0.2) is 58.3 Å². The molecule has 1 aliphatic rings. The monoisotopic (exact) mass is 397 g/mol. The van der Waals surface area contributed by atoms with Gasteiger partial charge in [0.1, 0.15) is 4.83 Å². The third kappa shape index (κ3) is 3.44. The molecule has 1 aliphatic heterocycles. The quantitative estimate of drug-likeness (QED) is 0.374. The molecule has 0 N–H and O–H groups in total. The molecular formula is C20H19N3O2S2. The number of thioether (sulfide) groups is 1. The van der Waals surface area contributed by atoms with Gasteiger partial charge in [0, 0.05) is 18.8 Å². The fourth-order valence-electron chi connectivity index (χ4n) is 3.33. The van der Waals surface area contributed by atoms with Crippen molar-refractivity contribution in [3.8, 4) is 0 Å². The molecule has 1 aromatic carbocycles. The Kier molecular flexibility index (Phi) is 5.13. The molecule has 0 fully saturated rings. The summed E-state index contributed by atoms with van der Waals surface area (Å²) in [6.07, 6.45) is 3.64. The van der Waals surface area contributed by atoms with Crippen LogP contribution in [0.4, 0.5) is 5.69 Å². The summed E-state index contributed by atoms with van der Waals surface area (Å²) in [6, 6.07) is 9.84. The topological polar surface area (TPSA) is 55.2 Å². The highest BCUT2D eigenvalue weighted by molar-refractivity contribution is 7.99. The summed E-state index contributed by atoms with van der Waals surface area (Å²) in [7, 11) is 0. The average Bonchev–Trinajstić information content (AvgIpc) is 3.17. The summed E-state index contributed by atoms with van der Waals surface area (Å²) in [5, 5.41) is 3.04. The van der Waals surface area contributed by atoms with E-state index in [1.54, 1.807) is 16.7 Å². The molecule has 0 saturated carbocycles. The SMILES string of the molecule is C=CCn1c(SCC(=O)N2CCCc3ccccc32)nc2sccc2c1=O. The minimum absolute atomic E-state index is 0.0397. The van der Waals surface area contributed by atoms with Crippen molar-refractivity contribution in [3.63, 3.8) is 0 Å². The number of amides is 1. The average molecular weight is 398 g/mol. The van der Waals surface area contributed by atoms with Gasteiger partial charge in [-0.2, -0.15) is 0 Å². The second-order valence-electron chi connectivity index (χ2n) is 6.30. The van der Waals surface area contributed by atoms with Crippen molar-refractivity contribution in [1.82, 2.24) is 9.55 Å². The van der Waals surface area contributed by atoms with E-state index in [0.29, 0.717) is 21.9 Å². The number of allylic oxidation sites excluding steroid dienone is 1. The molecule has 3 heterocycles. The summed E-state index contributed by atoms with van der Waals surface area (Å²) in [6.45, 7) is 4.84. The molecule has 0 spiro atoms. The van der Waals surface area contributed by atoms with Crippen LogP contribution in [-0.4, -0.2) is 27.8 Å². The van der Waals surface area contributed by atoms with Gasteiger partial charge in [0.15, 0.2) is 5.16 Å². The third-order valence-electron chi connectivity index (χ3n) is 4.60. The lowest BCUT2D eigenvalue weighted by Crippen LogP contribution is -2.36. The minimum Gasteiger partial charge on any atom is -0.311 e. The van der Waals surface area contributed by atoms with E-state index in [-0.39, 0.29) is 17.2 Å². The van der Waals surface area contributed by atoms with Crippen LogP contribution in [0.25, 0.3) is 10.2 Å². The highest BCUT2D eigenvalue weighted by Gasteiger charge is 2.23. The Labute approximate surface area is 165 Å². The van der Waals surface area contributed by atoms with E-state index in [0.717, 1.165) is 25.1 Å². The molecule has 0 atom stereocenters. The van der Waals surface area contributed by atoms with E-state index in [2.05, 4.69) is 17.6 Å². The Morgan fingerprint density at radius 1 is 1.33 bits per heavy atom. The fourth-order valence-corrected chi connectivity index (χ4v) is 5.02. The first-order chi connectivity index (χ1) is 13.2. The first kappa shape index (κ1) is 18.0. The second kappa shape index (κ2) is 7.70. The van der Waals surface area contributed by atoms with Crippen molar-refractivity contribution in [3.05, 3.63) is 64.3 Å². The number of hydrogen-bond donors (Lipinski definition) is 0. The Morgan fingerprint density at radius 3 is 3.04 bits per heavy atom. The van der Waals surface area contributed by atoms with Crippen LogP contribution in [-0.2, 0) is 17.8 Å². The van der Waals surface area contributed by atoms with E-state index in [1.165, 1.54) is 28.7 Å². The van der Waals surface area contributed by atoms with Crippen molar-refractivity contribution in [2.45, 2.75) is 24.5 Å².